The first-order valence-corrected chi connectivity index (χ1v) is 8.08. The van der Waals surface area contributed by atoms with Crippen LogP contribution in [0.4, 0.5) is 10.5 Å². The number of rotatable bonds is 7. The van der Waals surface area contributed by atoms with E-state index in [0.29, 0.717) is 16.5 Å². The highest BCUT2D eigenvalue weighted by Crippen LogP contribution is 2.13. The Balaban J connectivity index is 1.65. The first-order valence-electron chi connectivity index (χ1n) is 7.70. The zero-order valence-electron chi connectivity index (χ0n) is 13.7. The van der Waals surface area contributed by atoms with Gasteiger partial charge in [0, 0.05) is 10.7 Å². The lowest BCUT2D eigenvalue weighted by atomic mass is 10.3. The minimum Gasteiger partial charge on any atom is -0.484 e. The van der Waals surface area contributed by atoms with Crippen LogP contribution in [0.2, 0.25) is 5.02 Å². The third-order valence-corrected chi connectivity index (χ3v) is 3.35. The van der Waals surface area contributed by atoms with Gasteiger partial charge in [-0.05, 0) is 43.3 Å². The van der Waals surface area contributed by atoms with E-state index in [2.05, 4.69) is 10.6 Å². The van der Waals surface area contributed by atoms with Gasteiger partial charge in [0.15, 0.2) is 6.61 Å². The van der Waals surface area contributed by atoms with E-state index in [9.17, 15) is 9.59 Å². The highest BCUT2D eigenvalue weighted by Gasteiger charge is 2.11. The average molecular weight is 363 g/mol. The minimum absolute atomic E-state index is 0.103. The van der Waals surface area contributed by atoms with Crippen LogP contribution in [0.25, 0.3) is 0 Å². The molecule has 1 atom stereocenters. The van der Waals surface area contributed by atoms with Crippen LogP contribution in [0.5, 0.6) is 5.75 Å². The fourth-order valence-electron chi connectivity index (χ4n) is 1.88. The van der Waals surface area contributed by atoms with E-state index in [1.165, 1.54) is 0 Å². The van der Waals surface area contributed by atoms with Crippen molar-refractivity contribution in [3.05, 3.63) is 59.6 Å². The maximum atomic E-state index is 11.8. The van der Waals surface area contributed by atoms with Crippen LogP contribution in [0, 0.1) is 0 Å². The Hall–Kier alpha value is -2.73. The summed E-state index contributed by atoms with van der Waals surface area (Å²) >= 11 is 5.77. The Morgan fingerprint density at radius 1 is 1.08 bits per heavy atom. The fraction of sp³-hybridized carbons (Fsp3) is 0.222. The summed E-state index contributed by atoms with van der Waals surface area (Å²) < 4.78 is 10.5. The zero-order valence-corrected chi connectivity index (χ0v) is 14.5. The van der Waals surface area contributed by atoms with Crippen LogP contribution in [-0.4, -0.2) is 31.3 Å². The number of carbonyl (C=O) groups excluding carboxylic acids is 2. The smallest absolute Gasteiger partial charge is 0.411 e. The average Bonchev–Trinajstić information content (AvgIpc) is 2.61. The maximum absolute atomic E-state index is 11.8. The van der Waals surface area contributed by atoms with Crippen molar-refractivity contribution < 1.29 is 19.1 Å². The number of amides is 2. The van der Waals surface area contributed by atoms with E-state index >= 15 is 0 Å². The summed E-state index contributed by atoms with van der Waals surface area (Å²) in [6, 6.07) is 15.7. The molecular weight excluding hydrogens is 344 g/mol. The lowest BCUT2D eigenvalue weighted by Gasteiger charge is -2.15. The van der Waals surface area contributed by atoms with Gasteiger partial charge in [-0.1, -0.05) is 29.8 Å². The number of benzene rings is 2. The fourth-order valence-corrected chi connectivity index (χ4v) is 2.01. The number of anilines is 1. The van der Waals surface area contributed by atoms with Crippen LogP contribution in [-0.2, 0) is 9.53 Å². The molecule has 7 heteroatoms. The molecule has 0 aliphatic rings. The molecule has 132 valence electrons. The van der Waals surface area contributed by atoms with Crippen molar-refractivity contribution in [2.24, 2.45) is 0 Å². The molecule has 2 aromatic carbocycles. The van der Waals surface area contributed by atoms with Crippen molar-refractivity contribution in [3.8, 4) is 5.75 Å². The summed E-state index contributed by atoms with van der Waals surface area (Å²) in [4.78, 5) is 23.5. The molecule has 0 radical (unpaired) electrons. The van der Waals surface area contributed by atoms with Gasteiger partial charge in [-0.15, -0.1) is 0 Å². The molecule has 0 bridgehead atoms. The predicted molar refractivity (Wildman–Crippen MR) is 96.0 cm³/mol. The third kappa shape index (κ3) is 7.14. The molecule has 0 spiro atoms. The lowest BCUT2D eigenvalue weighted by molar-refractivity contribution is -0.123. The van der Waals surface area contributed by atoms with Crippen LogP contribution in [0.1, 0.15) is 6.92 Å². The largest absolute Gasteiger partial charge is 0.484 e. The van der Waals surface area contributed by atoms with Crippen LogP contribution in [0.15, 0.2) is 54.6 Å². The van der Waals surface area contributed by atoms with Crippen LogP contribution in [0.3, 0.4) is 0 Å². The number of carbonyl (C=O) groups is 2. The zero-order chi connectivity index (χ0) is 18.1. The second-order valence-electron chi connectivity index (χ2n) is 5.25. The van der Waals surface area contributed by atoms with Gasteiger partial charge in [0.1, 0.15) is 11.9 Å². The molecule has 0 aliphatic heterocycles. The molecule has 2 amide bonds. The molecule has 0 heterocycles. The highest BCUT2D eigenvalue weighted by molar-refractivity contribution is 6.30. The Morgan fingerprint density at radius 2 is 1.76 bits per heavy atom. The predicted octanol–water partition coefficient (Wildman–Crippen LogP) is 3.47. The molecular formula is C18H19ClN2O4. The summed E-state index contributed by atoms with van der Waals surface area (Å²) in [5.74, 6) is 0.321. The molecule has 2 rings (SSSR count). The van der Waals surface area contributed by atoms with Crippen molar-refractivity contribution >= 4 is 29.3 Å². The topological polar surface area (TPSA) is 76.7 Å². The first-order chi connectivity index (χ1) is 12.0. The highest BCUT2D eigenvalue weighted by atomic mass is 35.5. The number of halogens is 1. The van der Waals surface area contributed by atoms with E-state index < -0.39 is 12.2 Å². The summed E-state index contributed by atoms with van der Waals surface area (Å²) in [7, 11) is 0. The molecule has 2 aromatic rings. The van der Waals surface area contributed by atoms with Gasteiger partial charge in [-0.2, -0.15) is 0 Å². The Kier molecular flexibility index (Phi) is 7.10. The molecule has 0 aromatic heterocycles. The number of ether oxygens (including phenoxy) is 2. The monoisotopic (exact) mass is 362 g/mol. The summed E-state index contributed by atoms with van der Waals surface area (Å²) in [6.07, 6.45) is -1.10. The SMILES string of the molecule is C[C@H](CNC(=O)COc1ccccc1)OC(=O)Nc1ccc(Cl)cc1. The Bertz CT molecular complexity index is 692. The molecule has 0 unspecified atom stereocenters. The van der Waals surface area contributed by atoms with E-state index in [1.807, 2.05) is 18.2 Å². The molecule has 6 nitrogen and oxygen atoms in total. The number of nitrogens with one attached hydrogen (secondary N) is 2. The van der Waals surface area contributed by atoms with Crippen molar-refractivity contribution in [1.29, 1.82) is 0 Å². The summed E-state index contributed by atoms with van der Waals surface area (Å²) in [6.45, 7) is 1.76. The van der Waals surface area contributed by atoms with E-state index in [-0.39, 0.29) is 19.1 Å². The summed E-state index contributed by atoms with van der Waals surface area (Å²) in [5, 5.41) is 5.80. The quantitative estimate of drug-likeness (QED) is 0.790. The first kappa shape index (κ1) is 18.6. The second-order valence-corrected chi connectivity index (χ2v) is 5.69. The van der Waals surface area contributed by atoms with Crippen LogP contribution >= 0.6 is 11.6 Å². The molecule has 0 aliphatic carbocycles. The third-order valence-electron chi connectivity index (χ3n) is 3.10. The lowest BCUT2D eigenvalue weighted by Crippen LogP contribution is -2.36. The maximum Gasteiger partial charge on any atom is 0.411 e. The molecule has 25 heavy (non-hydrogen) atoms. The van der Waals surface area contributed by atoms with Gasteiger partial charge in [0.05, 0.1) is 6.54 Å². The van der Waals surface area contributed by atoms with Gasteiger partial charge in [0.25, 0.3) is 5.91 Å². The van der Waals surface area contributed by atoms with Crippen molar-refractivity contribution in [3.63, 3.8) is 0 Å². The molecule has 0 saturated heterocycles. The van der Waals surface area contributed by atoms with Gasteiger partial charge in [-0.3, -0.25) is 10.1 Å². The minimum atomic E-state index is -0.607. The van der Waals surface area contributed by atoms with Crippen molar-refractivity contribution in [1.82, 2.24) is 5.32 Å². The van der Waals surface area contributed by atoms with Gasteiger partial charge < -0.3 is 14.8 Å². The molecule has 0 saturated carbocycles. The second kappa shape index (κ2) is 9.54. The van der Waals surface area contributed by atoms with Crippen LogP contribution < -0.4 is 15.4 Å². The standard InChI is InChI=1S/C18H19ClN2O4/c1-13(25-18(23)21-15-9-7-14(19)8-10-15)11-20-17(22)12-24-16-5-3-2-4-6-16/h2-10,13H,11-12H2,1H3,(H,20,22)(H,21,23)/t13-/m1/s1. The Labute approximate surface area is 151 Å². The molecule has 0 fully saturated rings. The Morgan fingerprint density at radius 3 is 2.44 bits per heavy atom. The number of para-hydroxylation sites is 1. The van der Waals surface area contributed by atoms with E-state index in [0.717, 1.165) is 0 Å². The van der Waals surface area contributed by atoms with Gasteiger partial charge in [-0.25, -0.2) is 4.79 Å². The van der Waals surface area contributed by atoms with E-state index in [1.54, 1.807) is 43.3 Å². The van der Waals surface area contributed by atoms with E-state index in [4.69, 9.17) is 21.1 Å². The summed E-state index contributed by atoms with van der Waals surface area (Å²) in [5.41, 5.74) is 0.571. The van der Waals surface area contributed by atoms with Gasteiger partial charge in [0.2, 0.25) is 0 Å². The van der Waals surface area contributed by atoms with Crippen molar-refractivity contribution in [2.45, 2.75) is 13.0 Å². The molecule has 2 N–H and O–H groups in total. The normalized spacial score (nSPS) is 11.3. The number of hydrogen-bond donors (Lipinski definition) is 2. The van der Waals surface area contributed by atoms with Gasteiger partial charge >= 0.3 is 6.09 Å². The number of hydrogen-bond acceptors (Lipinski definition) is 4. The van der Waals surface area contributed by atoms with Crippen molar-refractivity contribution in [2.75, 3.05) is 18.5 Å².